The largest absolute Gasteiger partial charge is 0.317 e. The van der Waals surface area contributed by atoms with Gasteiger partial charge < -0.3 is 5.32 Å². The first kappa shape index (κ1) is 9.66. The van der Waals surface area contributed by atoms with Crippen LogP contribution in [0.3, 0.4) is 0 Å². The predicted molar refractivity (Wildman–Crippen MR) is 58.2 cm³/mol. The van der Waals surface area contributed by atoms with Gasteiger partial charge in [-0.3, -0.25) is 4.98 Å². The van der Waals surface area contributed by atoms with Gasteiger partial charge >= 0.3 is 0 Å². The molecule has 1 aliphatic heterocycles. The molecule has 0 radical (unpaired) electrons. The molecule has 0 spiro atoms. The van der Waals surface area contributed by atoms with Crippen LogP contribution < -0.4 is 5.32 Å². The lowest BCUT2D eigenvalue weighted by Gasteiger charge is -2.27. The highest BCUT2D eigenvalue weighted by Gasteiger charge is 2.21. The van der Waals surface area contributed by atoms with Crippen LogP contribution >= 0.6 is 0 Å². The van der Waals surface area contributed by atoms with Crippen molar-refractivity contribution in [2.45, 2.75) is 25.7 Å². The molecule has 1 aromatic rings. The van der Waals surface area contributed by atoms with Gasteiger partial charge in [-0.2, -0.15) is 0 Å². The van der Waals surface area contributed by atoms with Crippen LogP contribution in [0.2, 0.25) is 0 Å². The van der Waals surface area contributed by atoms with Crippen molar-refractivity contribution < 1.29 is 0 Å². The molecule has 1 atom stereocenters. The lowest BCUT2D eigenvalue weighted by molar-refractivity contribution is 0.327. The average molecular weight is 190 g/mol. The summed E-state index contributed by atoms with van der Waals surface area (Å²) in [6.45, 7) is 4.64. The maximum Gasteiger partial charge on any atom is 0.0434 e. The van der Waals surface area contributed by atoms with E-state index in [-0.39, 0.29) is 0 Å². The van der Waals surface area contributed by atoms with E-state index in [1.54, 1.807) is 0 Å². The minimum Gasteiger partial charge on any atom is -0.317 e. The van der Waals surface area contributed by atoms with Crippen molar-refractivity contribution in [1.82, 2.24) is 10.3 Å². The topological polar surface area (TPSA) is 24.9 Å². The fraction of sp³-hybridized carbons (Fsp3) is 0.583. The first-order chi connectivity index (χ1) is 6.88. The fourth-order valence-corrected chi connectivity index (χ4v) is 2.23. The van der Waals surface area contributed by atoms with Crippen LogP contribution in [0.25, 0.3) is 0 Å². The van der Waals surface area contributed by atoms with Crippen LogP contribution in [0.1, 0.15) is 31.4 Å². The van der Waals surface area contributed by atoms with E-state index in [2.05, 4.69) is 29.4 Å². The molecule has 0 bridgehead atoms. The molecule has 2 nitrogen and oxygen atoms in total. The van der Waals surface area contributed by atoms with Gasteiger partial charge in [0, 0.05) is 17.8 Å². The lowest BCUT2D eigenvalue weighted by atomic mass is 9.84. The molecule has 1 aliphatic rings. The second kappa shape index (κ2) is 4.56. The Balaban J connectivity index is 2.03. The lowest BCUT2D eigenvalue weighted by Crippen LogP contribution is -2.30. The van der Waals surface area contributed by atoms with Gasteiger partial charge in [-0.1, -0.05) is 13.0 Å². The zero-order chi connectivity index (χ0) is 9.80. The van der Waals surface area contributed by atoms with E-state index < -0.39 is 0 Å². The van der Waals surface area contributed by atoms with E-state index in [1.807, 2.05) is 12.3 Å². The van der Waals surface area contributed by atoms with Crippen molar-refractivity contribution in [3.05, 3.63) is 30.1 Å². The summed E-state index contributed by atoms with van der Waals surface area (Å²) in [6.07, 6.45) is 4.47. The molecule has 1 aromatic heterocycles. The third-order valence-electron chi connectivity index (χ3n) is 3.25. The van der Waals surface area contributed by atoms with Crippen molar-refractivity contribution in [3.8, 4) is 0 Å². The number of pyridine rings is 1. The number of nitrogens with one attached hydrogen (secondary N) is 1. The molecular formula is C12H18N2. The van der Waals surface area contributed by atoms with Crippen LogP contribution in [0, 0.1) is 5.92 Å². The predicted octanol–water partition coefficient (Wildman–Crippen LogP) is 2.18. The normalized spacial score (nSPS) is 20.6. The van der Waals surface area contributed by atoms with Crippen molar-refractivity contribution in [3.63, 3.8) is 0 Å². The van der Waals surface area contributed by atoms with Crippen LogP contribution in [-0.2, 0) is 0 Å². The maximum absolute atomic E-state index is 4.43. The molecule has 76 valence electrons. The molecule has 2 rings (SSSR count). The number of hydrogen-bond donors (Lipinski definition) is 1. The molecule has 1 fully saturated rings. The summed E-state index contributed by atoms with van der Waals surface area (Å²) >= 11 is 0. The van der Waals surface area contributed by atoms with E-state index in [9.17, 15) is 0 Å². The number of piperidine rings is 1. The van der Waals surface area contributed by atoms with E-state index >= 15 is 0 Å². The Morgan fingerprint density at radius 2 is 2.14 bits per heavy atom. The monoisotopic (exact) mass is 190 g/mol. The number of aromatic nitrogens is 1. The Labute approximate surface area is 85.7 Å². The van der Waals surface area contributed by atoms with Crippen molar-refractivity contribution in [2.75, 3.05) is 13.1 Å². The number of nitrogens with zero attached hydrogens (tertiary/aromatic N) is 1. The molecule has 14 heavy (non-hydrogen) atoms. The zero-order valence-electron chi connectivity index (χ0n) is 8.74. The highest BCUT2D eigenvalue weighted by Crippen LogP contribution is 2.28. The van der Waals surface area contributed by atoms with Gasteiger partial charge in [-0.15, -0.1) is 0 Å². The third-order valence-corrected chi connectivity index (χ3v) is 3.25. The molecule has 1 unspecified atom stereocenters. The average Bonchev–Trinajstić information content (AvgIpc) is 2.30. The summed E-state index contributed by atoms with van der Waals surface area (Å²) < 4.78 is 0. The Kier molecular flexibility index (Phi) is 3.14. The molecule has 0 amide bonds. The van der Waals surface area contributed by atoms with E-state index in [0.29, 0.717) is 5.92 Å². The summed E-state index contributed by atoms with van der Waals surface area (Å²) in [6, 6.07) is 6.21. The van der Waals surface area contributed by atoms with Crippen LogP contribution in [0.5, 0.6) is 0 Å². The van der Waals surface area contributed by atoms with E-state index in [4.69, 9.17) is 0 Å². The second-order valence-electron chi connectivity index (χ2n) is 4.13. The standard InChI is InChI=1S/C12H18N2/c1-10(11-5-8-13-9-6-11)12-4-2-3-7-14-12/h2-4,7,10-11,13H,5-6,8-9H2,1H3. The van der Waals surface area contributed by atoms with Gasteiger partial charge in [0.2, 0.25) is 0 Å². The van der Waals surface area contributed by atoms with Crippen LogP contribution in [0.15, 0.2) is 24.4 Å². The molecule has 0 aliphatic carbocycles. The summed E-state index contributed by atoms with van der Waals surface area (Å²) in [5.74, 6) is 1.42. The van der Waals surface area contributed by atoms with Gasteiger partial charge in [0.1, 0.15) is 0 Å². The summed E-state index contributed by atoms with van der Waals surface area (Å²) in [7, 11) is 0. The highest BCUT2D eigenvalue weighted by atomic mass is 14.9. The Morgan fingerprint density at radius 1 is 1.36 bits per heavy atom. The quantitative estimate of drug-likeness (QED) is 0.773. The molecule has 2 heterocycles. The molecule has 2 heteroatoms. The highest BCUT2D eigenvalue weighted by molar-refractivity contribution is 5.09. The summed E-state index contributed by atoms with van der Waals surface area (Å²) in [5.41, 5.74) is 1.25. The first-order valence-corrected chi connectivity index (χ1v) is 5.49. The number of hydrogen-bond acceptors (Lipinski definition) is 2. The maximum atomic E-state index is 4.43. The van der Waals surface area contributed by atoms with Gasteiger partial charge in [0.15, 0.2) is 0 Å². The number of rotatable bonds is 2. The molecule has 1 N–H and O–H groups in total. The van der Waals surface area contributed by atoms with E-state index in [1.165, 1.54) is 31.6 Å². The molecule has 1 saturated heterocycles. The summed E-state index contributed by atoms with van der Waals surface area (Å²) in [4.78, 5) is 4.43. The van der Waals surface area contributed by atoms with Crippen LogP contribution in [-0.4, -0.2) is 18.1 Å². The first-order valence-electron chi connectivity index (χ1n) is 5.49. The van der Waals surface area contributed by atoms with Gasteiger partial charge in [-0.25, -0.2) is 0 Å². The smallest absolute Gasteiger partial charge is 0.0434 e. The Bertz CT molecular complexity index is 265. The van der Waals surface area contributed by atoms with Crippen LogP contribution in [0.4, 0.5) is 0 Å². The van der Waals surface area contributed by atoms with Gasteiger partial charge in [-0.05, 0) is 44.0 Å². The van der Waals surface area contributed by atoms with E-state index in [0.717, 1.165) is 5.92 Å². The SMILES string of the molecule is CC(c1ccccn1)C1CCNCC1. The molecule has 0 aromatic carbocycles. The van der Waals surface area contributed by atoms with Gasteiger partial charge in [0.25, 0.3) is 0 Å². The third kappa shape index (κ3) is 2.13. The fourth-order valence-electron chi connectivity index (χ4n) is 2.23. The minimum absolute atomic E-state index is 0.610. The van der Waals surface area contributed by atoms with Gasteiger partial charge in [0.05, 0.1) is 0 Å². The molecular weight excluding hydrogens is 172 g/mol. The van der Waals surface area contributed by atoms with Crippen molar-refractivity contribution in [2.24, 2.45) is 5.92 Å². The zero-order valence-corrected chi connectivity index (χ0v) is 8.74. The second-order valence-corrected chi connectivity index (χ2v) is 4.13. The Morgan fingerprint density at radius 3 is 2.79 bits per heavy atom. The molecule has 0 saturated carbocycles. The van der Waals surface area contributed by atoms with Crippen molar-refractivity contribution >= 4 is 0 Å². The summed E-state index contributed by atoms with van der Waals surface area (Å²) in [5, 5.41) is 3.40. The van der Waals surface area contributed by atoms with Crippen molar-refractivity contribution in [1.29, 1.82) is 0 Å². The Hall–Kier alpha value is -0.890. The minimum atomic E-state index is 0.610.